The summed E-state index contributed by atoms with van der Waals surface area (Å²) in [5.74, 6) is 0.00281. The van der Waals surface area contributed by atoms with Crippen molar-refractivity contribution in [1.29, 1.82) is 5.26 Å². The van der Waals surface area contributed by atoms with Gasteiger partial charge in [-0.2, -0.15) is 18.4 Å². The highest BCUT2D eigenvalue weighted by Gasteiger charge is 2.48. The van der Waals surface area contributed by atoms with E-state index in [1.165, 1.54) is 6.07 Å². The predicted octanol–water partition coefficient (Wildman–Crippen LogP) is 1.95. The fourth-order valence-corrected chi connectivity index (χ4v) is 5.36. The van der Waals surface area contributed by atoms with Crippen LogP contribution in [0.1, 0.15) is 24.0 Å². The van der Waals surface area contributed by atoms with Crippen molar-refractivity contribution in [2.24, 2.45) is 11.3 Å². The van der Waals surface area contributed by atoms with Gasteiger partial charge in [0.05, 0.1) is 37.0 Å². The average Bonchev–Trinajstić information content (AvgIpc) is 3.17. The van der Waals surface area contributed by atoms with Crippen molar-refractivity contribution in [2.75, 3.05) is 70.5 Å². The number of anilines is 1. The van der Waals surface area contributed by atoms with Gasteiger partial charge in [-0.25, -0.2) is 0 Å². The number of halogens is 3. The molecule has 1 aromatic carbocycles. The lowest BCUT2D eigenvalue weighted by Crippen LogP contribution is -2.50. The largest absolute Gasteiger partial charge is 0.417 e. The number of alkyl halides is 3. The molecule has 0 radical (unpaired) electrons. The molecule has 0 saturated carbocycles. The Balaban J connectivity index is 1.44. The molecule has 180 valence electrons. The van der Waals surface area contributed by atoms with Crippen LogP contribution in [0.25, 0.3) is 0 Å². The fourth-order valence-electron chi connectivity index (χ4n) is 5.36. The minimum absolute atomic E-state index is 0.0549. The maximum Gasteiger partial charge on any atom is 0.417 e. The Morgan fingerprint density at radius 1 is 1.21 bits per heavy atom. The van der Waals surface area contributed by atoms with Gasteiger partial charge in [0.2, 0.25) is 5.91 Å². The van der Waals surface area contributed by atoms with Gasteiger partial charge in [0.25, 0.3) is 0 Å². The number of carbonyl (C=O) groups excluding carboxylic acids is 1. The maximum atomic E-state index is 13.4. The van der Waals surface area contributed by atoms with Crippen LogP contribution in [0, 0.1) is 22.7 Å². The molecule has 1 unspecified atom stereocenters. The molecule has 1 aromatic rings. The van der Waals surface area contributed by atoms with Crippen molar-refractivity contribution in [3.8, 4) is 6.07 Å². The number of piperidine rings is 1. The molecule has 0 aromatic heterocycles. The van der Waals surface area contributed by atoms with E-state index in [1.54, 1.807) is 12.1 Å². The molecule has 3 heterocycles. The zero-order chi connectivity index (χ0) is 23.6. The number of aliphatic hydroxyl groups is 1. The Bertz CT molecular complexity index is 903. The molecule has 0 aliphatic carbocycles. The van der Waals surface area contributed by atoms with Crippen molar-refractivity contribution in [3.05, 3.63) is 29.3 Å². The molecule has 3 fully saturated rings. The van der Waals surface area contributed by atoms with Gasteiger partial charge in [0, 0.05) is 57.5 Å². The monoisotopic (exact) mass is 466 g/mol. The summed E-state index contributed by atoms with van der Waals surface area (Å²) in [4.78, 5) is 18.6. The van der Waals surface area contributed by atoms with E-state index in [0.717, 1.165) is 19.2 Å². The van der Waals surface area contributed by atoms with E-state index < -0.39 is 17.3 Å². The molecule has 10 heteroatoms. The minimum Gasteiger partial charge on any atom is -0.396 e. The number of benzene rings is 1. The molecule has 3 aliphatic rings. The van der Waals surface area contributed by atoms with Crippen LogP contribution >= 0.6 is 0 Å². The van der Waals surface area contributed by atoms with Gasteiger partial charge in [-0.15, -0.1) is 0 Å². The minimum atomic E-state index is -4.61. The van der Waals surface area contributed by atoms with Crippen LogP contribution in [0.15, 0.2) is 18.2 Å². The van der Waals surface area contributed by atoms with Crippen LogP contribution in [0.3, 0.4) is 0 Å². The van der Waals surface area contributed by atoms with Gasteiger partial charge in [-0.05, 0) is 36.5 Å². The Kier molecular flexibility index (Phi) is 6.84. The SMILES string of the molecule is N#Cc1ccc(N2CC(CO)C3(CCN(C(=O)CN4CCOCC4)CC3)C2)cc1C(F)(F)F. The third-order valence-electron chi connectivity index (χ3n) is 7.40. The molecule has 3 aliphatic heterocycles. The second kappa shape index (κ2) is 9.49. The van der Waals surface area contributed by atoms with Gasteiger partial charge < -0.3 is 19.6 Å². The number of rotatable bonds is 4. The first-order valence-electron chi connectivity index (χ1n) is 11.3. The number of morpholine rings is 1. The second-order valence-corrected chi connectivity index (χ2v) is 9.23. The van der Waals surface area contributed by atoms with Crippen LogP contribution < -0.4 is 4.90 Å². The number of carbonyl (C=O) groups is 1. The molecule has 1 spiro atoms. The first kappa shape index (κ1) is 23.8. The van der Waals surface area contributed by atoms with Crippen LogP contribution in [-0.4, -0.2) is 86.4 Å². The van der Waals surface area contributed by atoms with Crippen LogP contribution in [0.2, 0.25) is 0 Å². The first-order valence-corrected chi connectivity index (χ1v) is 11.3. The zero-order valence-electron chi connectivity index (χ0n) is 18.5. The van der Waals surface area contributed by atoms with Crippen LogP contribution in [-0.2, 0) is 15.7 Å². The third-order valence-corrected chi connectivity index (χ3v) is 7.40. The lowest BCUT2D eigenvalue weighted by atomic mass is 9.71. The molecule has 1 N–H and O–H groups in total. The summed E-state index contributed by atoms with van der Waals surface area (Å²) < 4.78 is 45.6. The number of hydrogen-bond donors (Lipinski definition) is 1. The van der Waals surface area contributed by atoms with E-state index in [4.69, 9.17) is 10.00 Å². The molecule has 7 nitrogen and oxygen atoms in total. The van der Waals surface area contributed by atoms with E-state index in [1.807, 2.05) is 9.80 Å². The van der Waals surface area contributed by atoms with Crippen molar-refractivity contribution in [3.63, 3.8) is 0 Å². The summed E-state index contributed by atoms with van der Waals surface area (Å²) in [6.07, 6.45) is -3.21. The number of aliphatic hydroxyl groups excluding tert-OH is 1. The molecule has 1 amide bonds. The average molecular weight is 467 g/mol. The quantitative estimate of drug-likeness (QED) is 0.731. The highest BCUT2D eigenvalue weighted by Crippen LogP contribution is 2.46. The lowest BCUT2D eigenvalue weighted by molar-refractivity contribution is -0.138. The number of likely N-dealkylation sites (tertiary alicyclic amines) is 1. The zero-order valence-corrected chi connectivity index (χ0v) is 18.5. The second-order valence-electron chi connectivity index (χ2n) is 9.23. The Morgan fingerprint density at radius 3 is 2.52 bits per heavy atom. The predicted molar refractivity (Wildman–Crippen MR) is 114 cm³/mol. The summed E-state index contributed by atoms with van der Waals surface area (Å²) in [5, 5.41) is 19.1. The van der Waals surface area contributed by atoms with Crippen molar-refractivity contribution in [1.82, 2.24) is 9.80 Å². The Hall–Kier alpha value is -2.35. The summed E-state index contributed by atoms with van der Waals surface area (Å²) in [6, 6.07) is 5.41. The van der Waals surface area contributed by atoms with Crippen LogP contribution in [0.4, 0.5) is 18.9 Å². The summed E-state index contributed by atoms with van der Waals surface area (Å²) in [7, 11) is 0. The third kappa shape index (κ3) is 4.95. The van der Waals surface area contributed by atoms with Crippen molar-refractivity contribution in [2.45, 2.75) is 19.0 Å². The molecule has 4 rings (SSSR count). The molecule has 3 saturated heterocycles. The number of amides is 1. The summed E-state index contributed by atoms with van der Waals surface area (Å²) in [5.41, 5.74) is -1.18. The van der Waals surface area contributed by atoms with E-state index in [0.29, 0.717) is 64.5 Å². The fraction of sp³-hybridized carbons (Fsp3) is 0.652. The number of ether oxygens (including phenoxy) is 1. The van der Waals surface area contributed by atoms with Crippen LogP contribution in [0.5, 0.6) is 0 Å². The standard InChI is InChI=1S/C23H29F3N4O3/c24-23(25,26)20-11-19(2-1-17(20)12-27)30-13-18(15-31)22(16-30)3-5-29(6-4-22)21(32)14-28-7-9-33-10-8-28/h1-2,11,18,31H,3-10,13-16H2. The Morgan fingerprint density at radius 2 is 1.91 bits per heavy atom. The summed E-state index contributed by atoms with van der Waals surface area (Å²) >= 11 is 0. The molecule has 0 bridgehead atoms. The topological polar surface area (TPSA) is 80.0 Å². The first-order chi connectivity index (χ1) is 15.8. The molecule has 33 heavy (non-hydrogen) atoms. The highest BCUT2D eigenvalue weighted by molar-refractivity contribution is 5.78. The van der Waals surface area contributed by atoms with Crippen molar-refractivity contribution >= 4 is 11.6 Å². The molecule has 1 atom stereocenters. The van der Waals surface area contributed by atoms with E-state index in [9.17, 15) is 23.1 Å². The highest BCUT2D eigenvalue weighted by atomic mass is 19.4. The number of hydrogen-bond acceptors (Lipinski definition) is 6. The lowest BCUT2D eigenvalue weighted by Gasteiger charge is -2.42. The molecular weight excluding hydrogens is 437 g/mol. The normalized spacial score (nSPS) is 23.7. The maximum absolute atomic E-state index is 13.4. The Labute approximate surface area is 191 Å². The van der Waals surface area contributed by atoms with Gasteiger partial charge in [0.1, 0.15) is 0 Å². The number of nitriles is 1. The molecular formula is C23H29F3N4O3. The van der Waals surface area contributed by atoms with E-state index in [-0.39, 0.29) is 23.8 Å². The van der Waals surface area contributed by atoms with Crippen molar-refractivity contribution < 1.29 is 27.8 Å². The summed E-state index contributed by atoms with van der Waals surface area (Å²) in [6.45, 7) is 5.20. The van der Waals surface area contributed by atoms with Gasteiger partial charge in [0.15, 0.2) is 0 Å². The van der Waals surface area contributed by atoms with Gasteiger partial charge in [-0.3, -0.25) is 9.69 Å². The van der Waals surface area contributed by atoms with E-state index in [2.05, 4.69) is 4.90 Å². The van der Waals surface area contributed by atoms with Gasteiger partial charge >= 0.3 is 6.18 Å². The van der Waals surface area contributed by atoms with Gasteiger partial charge in [-0.1, -0.05) is 0 Å². The van der Waals surface area contributed by atoms with E-state index >= 15 is 0 Å². The number of nitrogens with zero attached hydrogens (tertiary/aromatic N) is 4. The smallest absolute Gasteiger partial charge is 0.396 e.